The van der Waals surface area contributed by atoms with Crippen LogP contribution in [0.25, 0.3) is 5.69 Å². The van der Waals surface area contributed by atoms with E-state index in [1.807, 2.05) is 36.9 Å². The van der Waals surface area contributed by atoms with Crippen molar-refractivity contribution in [2.45, 2.75) is 32.7 Å². The lowest BCUT2D eigenvalue weighted by molar-refractivity contribution is 0.0661. The molecule has 2 heterocycles. The Kier molecular flexibility index (Phi) is 4.43. The first-order valence-corrected chi connectivity index (χ1v) is 8.07. The summed E-state index contributed by atoms with van der Waals surface area (Å²) in [5.41, 5.74) is 8.67. The molecule has 1 saturated heterocycles. The first kappa shape index (κ1) is 15.7. The maximum atomic E-state index is 12.8. The summed E-state index contributed by atoms with van der Waals surface area (Å²) in [6, 6.07) is 5.84. The number of nitrogens with zero attached hydrogens (tertiary/aromatic N) is 4. The summed E-state index contributed by atoms with van der Waals surface area (Å²) in [5, 5.41) is 4.14. The Morgan fingerprint density at radius 3 is 2.91 bits per heavy atom. The van der Waals surface area contributed by atoms with Gasteiger partial charge in [0.1, 0.15) is 12.7 Å². The molecule has 6 nitrogen and oxygen atoms in total. The summed E-state index contributed by atoms with van der Waals surface area (Å²) in [4.78, 5) is 18.7. The van der Waals surface area contributed by atoms with Gasteiger partial charge in [-0.1, -0.05) is 0 Å². The quantitative estimate of drug-likeness (QED) is 0.937. The zero-order valence-corrected chi connectivity index (χ0v) is 13.6. The van der Waals surface area contributed by atoms with Crippen LogP contribution in [0.3, 0.4) is 0 Å². The standard InChI is InChI=1S/C17H23N5O/c1-12-8-14(5-6-16(12)22-11-19-10-20-22)17(23)21-7-3-4-15(9-21)13(2)18/h5-6,8,10-11,13,15H,3-4,7,9,18H2,1-2H3/t13-,15-/m0/s1. The van der Waals surface area contributed by atoms with E-state index in [4.69, 9.17) is 5.73 Å². The molecular formula is C17H23N5O. The minimum Gasteiger partial charge on any atom is -0.338 e. The lowest BCUT2D eigenvalue weighted by Gasteiger charge is -2.34. The van der Waals surface area contributed by atoms with Crippen LogP contribution < -0.4 is 5.73 Å². The van der Waals surface area contributed by atoms with E-state index >= 15 is 0 Å². The molecule has 1 fully saturated rings. The van der Waals surface area contributed by atoms with E-state index in [0.29, 0.717) is 5.92 Å². The largest absolute Gasteiger partial charge is 0.338 e. The molecule has 6 heteroatoms. The highest BCUT2D eigenvalue weighted by Gasteiger charge is 2.26. The maximum absolute atomic E-state index is 12.8. The number of piperidine rings is 1. The maximum Gasteiger partial charge on any atom is 0.253 e. The molecule has 0 saturated carbocycles. The first-order valence-electron chi connectivity index (χ1n) is 8.07. The predicted octanol–water partition coefficient (Wildman–Crippen LogP) is 1.78. The highest BCUT2D eigenvalue weighted by atomic mass is 16.2. The summed E-state index contributed by atoms with van der Waals surface area (Å²) in [6.07, 6.45) is 5.28. The molecule has 0 aliphatic carbocycles. The first-order chi connectivity index (χ1) is 11.1. The smallest absolute Gasteiger partial charge is 0.253 e. The van der Waals surface area contributed by atoms with Gasteiger partial charge in [-0.15, -0.1) is 0 Å². The average Bonchev–Trinajstić information content (AvgIpc) is 3.08. The topological polar surface area (TPSA) is 77.0 Å². The third-order valence-corrected chi connectivity index (χ3v) is 4.60. The SMILES string of the molecule is Cc1cc(C(=O)N2CCC[C@H]([C@H](C)N)C2)ccc1-n1cncn1. The minimum absolute atomic E-state index is 0.0867. The molecule has 122 valence electrons. The number of aromatic nitrogens is 3. The lowest BCUT2D eigenvalue weighted by atomic mass is 9.92. The number of hydrogen-bond acceptors (Lipinski definition) is 4. The van der Waals surface area contributed by atoms with Gasteiger partial charge in [-0.25, -0.2) is 9.67 Å². The Morgan fingerprint density at radius 2 is 2.26 bits per heavy atom. The predicted molar refractivity (Wildman–Crippen MR) is 88.4 cm³/mol. The molecule has 0 unspecified atom stereocenters. The molecule has 1 amide bonds. The van der Waals surface area contributed by atoms with Crippen LogP contribution in [0.4, 0.5) is 0 Å². The number of hydrogen-bond donors (Lipinski definition) is 1. The fraction of sp³-hybridized carbons (Fsp3) is 0.471. The van der Waals surface area contributed by atoms with Crippen LogP contribution in [0.2, 0.25) is 0 Å². The van der Waals surface area contributed by atoms with E-state index in [-0.39, 0.29) is 11.9 Å². The molecule has 2 N–H and O–H groups in total. The number of nitrogens with two attached hydrogens (primary N) is 1. The third-order valence-electron chi connectivity index (χ3n) is 4.60. The van der Waals surface area contributed by atoms with Crippen molar-refractivity contribution in [3.8, 4) is 5.69 Å². The van der Waals surface area contributed by atoms with Crippen LogP contribution in [-0.4, -0.2) is 44.7 Å². The number of rotatable bonds is 3. The second kappa shape index (κ2) is 6.50. The molecule has 1 aliphatic rings. The van der Waals surface area contributed by atoms with Gasteiger partial charge in [0.05, 0.1) is 5.69 Å². The van der Waals surface area contributed by atoms with Crippen molar-refractivity contribution >= 4 is 5.91 Å². The second-order valence-electron chi connectivity index (χ2n) is 6.35. The van der Waals surface area contributed by atoms with Crippen LogP contribution in [-0.2, 0) is 0 Å². The van der Waals surface area contributed by atoms with Crippen LogP contribution >= 0.6 is 0 Å². The summed E-state index contributed by atoms with van der Waals surface area (Å²) in [5.74, 6) is 0.479. The Morgan fingerprint density at radius 1 is 1.43 bits per heavy atom. The van der Waals surface area contributed by atoms with Crippen LogP contribution in [0.5, 0.6) is 0 Å². The van der Waals surface area contributed by atoms with Crippen molar-refractivity contribution < 1.29 is 4.79 Å². The van der Waals surface area contributed by atoms with Gasteiger partial charge in [-0.05, 0) is 56.4 Å². The molecule has 0 bridgehead atoms. The lowest BCUT2D eigenvalue weighted by Crippen LogP contribution is -2.45. The highest BCUT2D eigenvalue weighted by Crippen LogP contribution is 2.22. The number of aryl methyl sites for hydroxylation is 1. The fourth-order valence-corrected chi connectivity index (χ4v) is 3.18. The van der Waals surface area contributed by atoms with Crippen molar-refractivity contribution in [2.75, 3.05) is 13.1 Å². The monoisotopic (exact) mass is 313 g/mol. The van der Waals surface area contributed by atoms with Gasteiger partial charge in [0.15, 0.2) is 0 Å². The summed E-state index contributed by atoms with van der Waals surface area (Å²) in [7, 11) is 0. The van der Waals surface area contributed by atoms with Crippen LogP contribution in [0, 0.1) is 12.8 Å². The minimum atomic E-state index is 0.0867. The molecule has 2 aromatic rings. The molecule has 23 heavy (non-hydrogen) atoms. The Hall–Kier alpha value is -2.21. The molecular weight excluding hydrogens is 290 g/mol. The normalized spacial score (nSPS) is 19.6. The summed E-state index contributed by atoms with van der Waals surface area (Å²) < 4.78 is 1.70. The van der Waals surface area contributed by atoms with Crippen molar-refractivity contribution in [2.24, 2.45) is 11.7 Å². The number of likely N-dealkylation sites (tertiary alicyclic amines) is 1. The summed E-state index contributed by atoms with van der Waals surface area (Å²) >= 11 is 0. The van der Waals surface area contributed by atoms with E-state index < -0.39 is 0 Å². The van der Waals surface area contributed by atoms with Gasteiger partial charge < -0.3 is 10.6 Å². The van der Waals surface area contributed by atoms with E-state index in [0.717, 1.165) is 42.7 Å². The van der Waals surface area contributed by atoms with Crippen LogP contribution in [0.15, 0.2) is 30.9 Å². The van der Waals surface area contributed by atoms with Gasteiger partial charge in [-0.2, -0.15) is 5.10 Å². The van der Waals surface area contributed by atoms with Gasteiger partial charge in [0.2, 0.25) is 0 Å². The average molecular weight is 313 g/mol. The molecule has 1 aromatic heterocycles. The van der Waals surface area contributed by atoms with Crippen molar-refractivity contribution in [3.63, 3.8) is 0 Å². The molecule has 0 spiro atoms. The van der Waals surface area contributed by atoms with Gasteiger partial charge >= 0.3 is 0 Å². The van der Waals surface area contributed by atoms with Crippen molar-refractivity contribution in [1.29, 1.82) is 0 Å². The molecule has 3 rings (SSSR count). The van der Waals surface area contributed by atoms with Gasteiger partial charge in [0.25, 0.3) is 5.91 Å². The number of amides is 1. The van der Waals surface area contributed by atoms with Gasteiger partial charge in [-0.3, -0.25) is 4.79 Å². The Labute approximate surface area is 136 Å². The van der Waals surface area contributed by atoms with Crippen molar-refractivity contribution in [1.82, 2.24) is 19.7 Å². The Balaban J connectivity index is 1.79. The Bertz CT molecular complexity index is 680. The zero-order chi connectivity index (χ0) is 16.4. The molecule has 2 atom stereocenters. The van der Waals surface area contributed by atoms with E-state index in [1.54, 1.807) is 11.0 Å². The molecule has 0 radical (unpaired) electrons. The number of carbonyl (C=O) groups excluding carboxylic acids is 1. The fourth-order valence-electron chi connectivity index (χ4n) is 3.18. The zero-order valence-electron chi connectivity index (χ0n) is 13.6. The molecule has 1 aliphatic heterocycles. The highest BCUT2D eigenvalue weighted by molar-refractivity contribution is 5.94. The summed E-state index contributed by atoms with van der Waals surface area (Å²) in [6.45, 7) is 5.57. The van der Waals surface area contributed by atoms with Crippen LogP contribution in [0.1, 0.15) is 35.7 Å². The van der Waals surface area contributed by atoms with E-state index in [9.17, 15) is 4.79 Å². The number of carbonyl (C=O) groups is 1. The molecule has 1 aromatic carbocycles. The van der Waals surface area contributed by atoms with E-state index in [1.165, 1.54) is 6.33 Å². The third kappa shape index (κ3) is 3.27. The van der Waals surface area contributed by atoms with Gasteiger partial charge in [0, 0.05) is 24.7 Å². The number of benzene rings is 1. The van der Waals surface area contributed by atoms with E-state index in [2.05, 4.69) is 10.1 Å². The second-order valence-corrected chi connectivity index (χ2v) is 6.35. The van der Waals surface area contributed by atoms with Crippen molar-refractivity contribution in [3.05, 3.63) is 42.0 Å².